The maximum atomic E-state index is 12.2. The first-order valence-electron chi connectivity index (χ1n) is 6.18. The molecule has 0 fully saturated rings. The molecule has 1 heterocycles. The van der Waals surface area contributed by atoms with Crippen molar-refractivity contribution in [1.82, 2.24) is 15.3 Å². The topological polar surface area (TPSA) is 57.8 Å². The van der Waals surface area contributed by atoms with Gasteiger partial charge in [0, 0.05) is 12.4 Å². The van der Waals surface area contributed by atoms with E-state index in [2.05, 4.69) is 15.3 Å². The normalized spacial score (nSPS) is 12.2. The Bertz CT molecular complexity index is 566. The number of hydrogen-bond acceptors (Lipinski definition) is 2. The largest absolute Gasteiger partial charge is 0.347 e. The Morgan fingerprint density at radius 2 is 2.32 bits per heavy atom. The van der Waals surface area contributed by atoms with Gasteiger partial charge in [0.2, 0.25) is 0 Å². The minimum atomic E-state index is -0.183. The van der Waals surface area contributed by atoms with Crippen molar-refractivity contribution in [2.45, 2.75) is 26.3 Å². The summed E-state index contributed by atoms with van der Waals surface area (Å²) in [7, 11) is 0. The lowest BCUT2D eigenvalue weighted by Crippen LogP contribution is -2.29. The first-order chi connectivity index (χ1) is 9.13. The lowest BCUT2D eigenvalue weighted by Gasteiger charge is -2.15. The Morgan fingerprint density at radius 1 is 1.53 bits per heavy atom. The lowest BCUT2D eigenvalue weighted by atomic mass is 10.1. The summed E-state index contributed by atoms with van der Waals surface area (Å²) in [4.78, 5) is 19.4. The number of nitrogens with zero attached hydrogens (tertiary/aromatic N) is 1. The van der Waals surface area contributed by atoms with E-state index >= 15 is 0 Å². The van der Waals surface area contributed by atoms with Gasteiger partial charge >= 0.3 is 0 Å². The molecule has 2 aromatic rings. The van der Waals surface area contributed by atoms with E-state index in [1.54, 1.807) is 18.5 Å². The van der Waals surface area contributed by atoms with Gasteiger partial charge in [-0.05, 0) is 25.0 Å². The number of aromatic nitrogens is 2. The number of carbonyl (C=O) groups is 1. The molecule has 19 heavy (non-hydrogen) atoms. The number of aryl methyl sites for hydroxylation is 1. The molecule has 5 heteroatoms. The van der Waals surface area contributed by atoms with Gasteiger partial charge in [-0.2, -0.15) is 0 Å². The van der Waals surface area contributed by atoms with Crippen LogP contribution in [0.4, 0.5) is 0 Å². The highest BCUT2D eigenvalue weighted by molar-refractivity contribution is 6.34. The molecule has 0 aliphatic heterocycles. The first-order valence-corrected chi connectivity index (χ1v) is 6.56. The number of carbonyl (C=O) groups excluding carboxylic acids is 1. The van der Waals surface area contributed by atoms with Crippen LogP contribution in [-0.4, -0.2) is 15.9 Å². The number of rotatable bonds is 4. The highest BCUT2D eigenvalue weighted by atomic mass is 35.5. The summed E-state index contributed by atoms with van der Waals surface area (Å²) in [5.41, 5.74) is 1.38. The molecule has 0 radical (unpaired) electrons. The summed E-state index contributed by atoms with van der Waals surface area (Å²) >= 11 is 6.16. The monoisotopic (exact) mass is 277 g/mol. The maximum absolute atomic E-state index is 12.2. The zero-order valence-corrected chi connectivity index (χ0v) is 11.7. The second-order valence-electron chi connectivity index (χ2n) is 4.35. The van der Waals surface area contributed by atoms with Gasteiger partial charge < -0.3 is 10.3 Å². The second-order valence-corrected chi connectivity index (χ2v) is 4.72. The first kappa shape index (κ1) is 13.6. The summed E-state index contributed by atoms with van der Waals surface area (Å²) in [6.45, 7) is 3.87. The number of imidazole rings is 1. The van der Waals surface area contributed by atoms with Crippen molar-refractivity contribution in [2.75, 3.05) is 0 Å². The van der Waals surface area contributed by atoms with E-state index in [1.807, 2.05) is 26.0 Å². The van der Waals surface area contributed by atoms with Crippen molar-refractivity contribution >= 4 is 17.5 Å². The summed E-state index contributed by atoms with van der Waals surface area (Å²) in [5.74, 6) is 0.566. The Hall–Kier alpha value is -1.81. The van der Waals surface area contributed by atoms with Crippen molar-refractivity contribution in [3.05, 3.63) is 52.6 Å². The van der Waals surface area contributed by atoms with Gasteiger partial charge in [0.25, 0.3) is 5.91 Å². The van der Waals surface area contributed by atoms with Crippen LogP contribution >= 0.6 is 11.6 Å². The molecule has 0 aliphatic carbocycles. The van der Waals surface area contributed by atoms with Crippen LogP contribution in [0.1, 0.15) is 41.1 Å². The van der Waals surface area contributed by atoms with Crippen LogP contribution < -0.4 is 5.32 Å². The van der Waals surface area contributed by atoms with Crippen molar-refractivity contribution < 1.29 is 4.79 Å². The third-order valence-electron chi connectivity index (χ3n) is 3.00. The van der Waals surface area contributed by atoms with Gasteiger partial charge in [-0.25, -0.2) is 4.98 Å². The predicted molar refractivity (Wildman–Crippen MR) is 75.3 cm³/mol. The molecule has 1 amide bonds. The van der Waals surface area contributed by atoms with Crippen molar-refractivity contribution in [3.63, 3.8) is 0 Å². The number of benzene rings is 1. The van der Waals surface area contributed by atoms with Crippen LogP contribution in [0.15, 0.2) is 30.6 Å². The third kappa shape index (κ3) is 2.96. The highest BCUT2D eigenvalue weighted by Crippen LogP contribution is 2.21. The Morgan fingerprint density at radius 3 is 2.95 bits per heavy atom. The van der Waals surface area contributed by atoms with Crippen molar-refractivity contribution in [1.29, 1.82) is 0 Å². The molecular formula is C14H16ClN3O. The molecule has 2 N–H and O–H groups in total. The molecule has 100 valence electrons. The molecule has 4 nitrogen and oxygen atoms in total. The van der Waals surface area contributed by atoms with Crippen LogP contribution in [0.25, 0.3) is 0 Å². The SMILES string of the molecule is CCC(NC(=O)c1cccc(C)c1Cl)c1ncc[nH]1. The fourth-order valence-corrected chi connectivity index (χ4v) is 2.10. The van der Waals surface area contributed by atoms with E-state index in [4.69, 9.17) is 11.6 Å². The van der Waals surface area contributed by atoms with E-state index < -0.39 is 0 Å². The molecular weight excluding hydrogens is 262 g/mol. The number of halogens is 1. The van der Waals surface area contributed by atoms with Crippen LogP contribution in [0, 0.1) is 6.92 Å². The van der Waals surface area contributed by atoms with Crippen molar-refractivity contribution in [3.8, 4) is 0 Å². The van der Waals surface area contributed by atoms with Crippen LogP contribution in [0.2, 0.25) is 5.02 Å². The van der Waals surface area contributed by atoms with Gasteiger partial charge in [-0.1, -0.05) is 30.7 Å². The molecule has 0 saturated heterocycles. The number of H-pyrrole nitrogens is 1. The number of amides is 1. The van der Waals surface area contributed by atoms with Crippen molar-refractivity contribution in [2.24, 2.45) is 0 Å². The summed E-state index contributed by atoms with van der Waals surface area (Å²) in [6, 6.07) is 5.28. The second kappa shape index (κ2) is 5.89. The average Bonchev–Trinajstić information content (AvgIpc) is 2.92. The average molecular weight is 278 g/mol. The molecule has 0 spiro atoms. The van der Waals surface area contributed by atoms with Crippen LogP contribution in [0.5, 0.6) is 0 Å². The summed E-state index contributed by atoms with van der Waals surface area (Å²) in [5, 5.41) is 3.43. The van der Waals surface area contributed by atoms with Gasteiger partial charge in [0.05, 0.1) is 16.6 Å². The summed E-state index contributed by atoms with van der Waals surface area (Å²) in [6.07, 6.45) is 4.16. The minimum Gasteiger partial charge on any atom is -0.347 e. The fourth-order valence-electron chi connectivity index (χ4n) is 1.89. The van der Waals surface area contributed by atoms with Crippen LogP contribution in [0.3, 0.4) is 0 Å². The van der Waals surface area contributed by atoms with E-state index in [9.17, 15) is 4.79 Å². The molecule has 1 aromatic heterocycles. The van der Waals surface area contributed by atoms with Gasteiger partial charge in [-0.3, -0.25) is 4.79 Å². The van der Waals surface area contributed by atoms with Crippen LogP contribution in [-0.2, 0) is 0 Å². The number of hydrogen-bond donors (Lipinski definition) is 2. The molecule has 1 atom stereocenters. The minimum absolute atomic E-state index is 0.140. The zero-order valence-electron chi connectivity index (χ0n) is 10.9. The Kier molecular flexibility index (Phi) is 4.22. The lowest BCUT2D eigenvalue weighted by molar-refractivity contribution is 0.0934. The standard InChI is InChI=1S/C14H16ClN3O/c1-3-11(13-16-7-8-17-13)18-14(19)10-6-4-5-9(2)12(10)15/h4-8,11H,3H2,1-2H3,(H,16,17)(H,18,19). The van der Waals surface area contributed by atoms with Gasteiger partial charge in [0.15, 0.2) is 0 Å². The number of nitrogens with one attached hydrogen (secondary N) is 2. The van der Waals surface area contributed by atoms with E-state index in [1.165, 1.54) is 0 Å². The predicted octanol–water partition coefficient (Wildman–Crippen LogP) is 3.25. The molecule has 1 unspecified atom stereocenters. The van der Waals surface area contributed by atoms with Gasteiger partial charge in [-0.15, -0.1) is 0 Å². The smallest absolute Gasteiger partial charge is 0.253 e. The third-order valence-corrected chi connectivity index (χ3v) is 3.50. The fraction of sp³-hybridized carbons (Fsp3) is 0.286. The zero-order chi connectivity index (χ0) is 13.8. The molecule has 0 bridgehead atoms. The Labute approximate surface area is 117 Å². The maximum Gasteiger partial charge on any atom is 0.253 e. The van der Waals surface area contributed by atoms with Gasteiger partial charge in [0.1, 0.15) is 5.82 Å². The molecule has 0 saturated carbocycles. The number of aromatic amines is 1. The molecule has 0 aliphatic rings. The van der Waals surface area contributed by atoms with E-state index in [-0.39, 0.29) is 11.9 Å². The summed E-state index contributed by atoms with van der Waals surface area (Å²) < 4.78 is 0. The quantitative estimate of drug-likeness (QED) is 0.901. The van der Waals surface area contributed by atoms with E-state index in [0.717, 1.165) is 17.8 Å². The Balaban J connectivity index is 2.18. The van der Waals surface area contributed by atoms with E-state index in [0.29, 0.717) is 10.6 Å². The molecule has 2 rings (SSSR count). The highest BCUT2D eigenvalue weighted by Gasteiger charge is 2.18. The molecule has 1 aromatic carbocycles.